The van der Waals surface area contributed by atoms with Gasteiger partial charge in [0, 0.05) is 17.7 Å². The third kappa shape index (κ3) is 6.17. The molecule has 7 heteroatoms. The largest absolute Gasteiger partial charge is 0.496 e. The Hall–Kier alpha value is -3.97. The zero-order valence-electron chi connectivity index (χ0n) is 21.7. The van der Waals surface area contributed by atoms with Gasteiger partial charge in [0.15, 0.2) is 17.3 Å². The van der Waals surface area contributed by atoms with Crippen LogP contribution in [0, 0.1) is 0 Å². The molecule has 0 radical (unpaired) electrons. The van der Waals surface area contributed by atoms with E-state index in [1.807, 2.05) is 61.5 Å². The standard InChI is InChI=1S/C29H33NO6/c1-30(2)17-18-36-25-15-12-20(22-9-7-8-10-26(22)32-3)19-21(25)11-14-24(31)23-13-16-27(33-4)29(35-6)28(23)34-5/h7-16,19H,17-18H2,1-6H3. The number of nitrogens with zero attached hydrogens (tertiary/aromatic N) is 1. The third-order valence-electron chi connectivity index (χ3n) is 5.61. The number of methoxy groups -OCH3 is 4. The summed E-state index contributed by atoms with van der Waals surface area (Å²) in [6.45, 7) is 1.28. The Morgan fingerprint density at radius 1 is 0.806 bits per heavy atom. The number of likely N-dealkylation sites (N-methyl/N-ethyl adjacent to an activating group) is 1. The lowest BCUT2D eigenvalue weighted by Gasteiger charge is -2.15. The van der Waals surface area contributed by atoms with Gasteiger partial charge in [-0.15, -0.1) is 0 Å². The van der Waals surface area contributed by atoms with Gasteiger partial charge in [-0.25, -0.2) is 0 Å². The van der Waals surface area contributed by atoms with E-state index >= 15 is 0 Å². The van der Waals surface area contributed by atoms with Crippen LogP contribution in [0.25, 0.3) is 17.2 Å². The second-order valence-electron chi connectivity index (χ2n) is 8.18. The Balaban J connectivity index is 2.00. The van der Waals surface area contributed by atoms with Gasteiger partial charge in [0.1, 0.15) is 18.1 Å². The van der Waals surface area contributed by atoms with Crippen LogP contribution in [-0.4, -0.2) is 66.4 Å². The van der Waals surface area contributed by atoms with Crippen LogP contribution in [0.1, 0.15) is 15.9 Å². The number of para-hydroxylation sites is 1. The first-order valence-electron chi connectivity index (χ1n) is 11.5. The summed E-state index contributed by atoms with van der Waals surface area (Å²) in [5.74, 6) is 2.37. The molecule has 7 nitrogen and oxygen atoms in total. The summed E-state index contributed by atoms with van der Waals surface area (Å²) < 4.78 is 27.8. The molecule has 3 aromatic rings. The molecule has 0 aliphatic heterocycles. The fourth-order valence-corrected chi connectivity index (χ4v) is 3.75. The monoisotopic (exact) mass is 491 g/mol. The maximum Gasteiger partial charge on any atom is 0.204 e. The Morgan fingerprint density at radius 3 is 2.17 bits per heavy atom. The van der Waals surface area contributed by atoms with Crippen LogP contribution in [0.15, 0.2) is 60.7 Å². The van der Waals surface area contributed by atoms with Crippen molar-refractivity contribution < 1.29 is 28.5 Å². The number of carbonyl (C=O) groups excluding carboxylic acids is 1. The maximum absolute atomic E-state index is 13.2. The van der Waals surface area contributed by atoms with E-state index in [0.29, 0.717) is 35.2 Å². The van der Waals surface area contributed by atoms with E-state index in [1.54, 1.807) is 25.3 Å². The summed E-state index contributed by atoms with van der Waals surface area (Å²) in [7, 11) is 10.2. The molecule has 0 unspecified atom stereocenters. The van der Waals surface area contributed by atoms with Crippen LogP contribution in [0.4, 0.5) is 0 Å². The highest BCUT2D eigenvalue weighted by molar-refractivity contribution is 6.09. The van der Waals surface area contributed by atoms with E-state index in [-0.39, 0.29) is 5.78 Å². The Kier molecular flexibility index (Phi) is 9.36. The highest BCUT2D eigenvalue weighted by Crippen LogP contribution is 2.40. The molecule has 0 fully saturated rings. The van der Waals surface area contributed by atoms with Crippen molar-refractivity contribution in [2.24, 2.45) is 0 Å². The lowest BCUT2D eigenvalue weighted by Crippen LogP contribution is -2.19. The van der Waals surface area contributed by atoms with Gasteiger partial charge in [0.05, 0.1) is 34.0 Å². The van der Waals surface area contributed by atoms with Gasteiger partial charge in [-0.05, 0) is 62.1 Å². The first-order valence-corrected chi connectivity index (χ1v) is 11.5. The van der Waals surface area contributed by atoms with Crippen molar-refractivity contribution in [1.29, 1.82) is 0 Å². The zero-order valence-corrected chi connectivity index (χ0v) is 21.7. The first-order chi connectivity index (χ1) is 17.4. The molecule has 3 aromatic carbocycles. The second-order valence-corrected chi connectivity index (χ2v) is 8.18. The normalized spacial score (nSPS) is 11.0. The highest BCUT2D eigenvalue weighted by atomic mass is 16.5. The van der Waals surface area contributed by atoms with Gasteiger partial charge in [0.25, 0.3) is 0 Å². The number of carbonyl (C=O) groups is 1. The average molecular weight is 492 g/mol. The average Bonchev–Trinajstić information content (AvgIpc) is 2.90. The van der Waals surface area contributed by atoms with Crippen molar-refractivity contribution in [3.63, 3.8) is 0 Å². The molecule has 36 heavy (non-hydrogen) atoms. The Labute approximate surface area is 212 Å². The smallest absolute Gasteiger partial charge is 0.204 e. The van der Waals surface area contributed by atoms with Crippen molar-refractivity contribution in [1.82, 2.24) is 4.90 Å². The fraction of sp³-hybridized carbons (Fsp3) is 0.276. The summed E-state index contributed by atoms with van der Waals surface area (Å²) in [5.41, 5.74) is 3.03. The third-order valence-corrected chi connectivity index (χ3v) is 5.61. The molecule has 0 atom stereocenters. The summed E-state index contributed by atoms with van der Waals surface area (Å²) in [6, 6.07) is 17.0. The molecule has 0 spiro atoms. The van der Waals surface area contributed by atoms with E-state index in [9.17, 15) is 4.79 Å². The van der Waals surface area contributed by atoms with E-state index in [0.717, 1.165) is 29.0 Å². The van der Waals surface area contributed by atoms with Crippen LogP contribution in [0.5, 0.6) is 28.7 Å². The van der Waals surface area contributed by atoms with E-state index in [2.05, 4.69) is 0 Å². The van der Waals surface area contributed by atoms with E-state index < -0.39 is 0 Å². The number of hydrogen-bond acceptors (Lipinski definition) is 7. The predicted molar refractivity (Wildman–Crippen MR) is 142 cm³/mol. The molecule has 0 heterocycles. The molecular formula is C29H33NO6. The van der Waals surface area contributed by atoms with Crippen LogP contribution < -0.4 is 23.7 Å². The molecule has 0 aromatic heterocycles. The number of allylic oxidation sites excluding steroid dienone is 1. The van der Waals surface area contributed by atoms with E-state index in [1.165, 1.54) is 27.4 Å². The van der Waals surface area contributed by atoms with Crippen LogP contribution in [-0.2, 0) is 0 Å². The van der Waals surface area contributed by atoms with Crippen molar-refractivity contribution >= 4 is 11.9 Å². The SMILES string of the molecule is COc1ccccc1-c1ccc(OCCN(C)C)c(C=CC(=O)c2ccc(OC)c(OC)c2OC)c1. The van der Waals surface area contributed by atoms with Crippen molar-refractivity contribution in [3.8, 4) is 39.9 Å². The topological polar surface area (TPSA) is 66.5 Å². The maximum atomic E-state index is 13.2. The van der Waals surface area contributed by atoms with Gasteiger partial charge in [-0.3, -0.25) is 4.79 Å². The summed E-state index contributed by atoms with van der Waals surface area (Å²) >= 11 is 0. The first kappa shape index (κ1) is 26.6. The van der Waals surface area contributed by atoms with Crippen LogP contribution in [0.2, 0.25) is 0 Å². The fourth-order valence-electron chi connectivity index (χ4n) is 3.75. The zero-order chi connectivity index (χ0) is 26.1. The van der Waals surface area contributed by atoms with Crippen molar-refractivity contribution in [2.45, 2.75) is 0 Å². The minimum absolute atomic E-state index is 0.241. The predicted octanol–water partition coefficient (Wildman–Crippen LogP) is 5.22. The lowest BCUT2D eigenvalue weighted by atomic mass is 10.0. The van der Waals surface area contributed by atoms with Crippen molar-refractivity contribution in [2.75, 3.05) is 55.7 Å². The number of benzene rings is 3. The molecule has 0 saturated carbocycles. The van der Waals surface area contributed by atoms with Gasteiger partial charge in [0.2, 0.25) is 5.75 Å². The molecule has 0 amide bonds. The number of hydrogen-bond donors (Lipinski definition) is 0. The number of rotatable bonds is 12. The minimum Gasteiger partial charge on any atom is -0.496 e. The number of ether oxygens (including phenoxy) is 5. The van der Waals surface area contributed by atoms with Crippen molar-refractivity contribution in [3.05, 3.63) is 71.8 Å². The van der Waals surface area contributed by atoms with Gasteiger partial charge < -0.3 is 28.6 Å². The van der Waals surface area contributed by atoms with Gasteiger partial charge in [-0.2, -0.15) is 0 Å². The Bertz CT molecular complexity index is 1220. The molecule has 190 valence electrons. The summed E-state index contributed by atoms with van der Waals surface area (Å²) in [6.07, 6.45) is 3.26. The Morgan fingerprint density at radius 2 is 1.50 bits per heavy atom. The number of ketones is 1. The summed E-state index contributed by atoms with van der Waals surface area (Å²) in [5, 5.41) is 0. The van der Waals surface area contributed by atoms with Crippen LogP contribution >= 0.6 is 0 Å². The van der Waals surface area contributed by atoms with Crippen LogP contribution in [0.3, 0.4) is 0 Å². The van der Waals surface area contributed by atoms with E-state index in [4.69, 9.17) is 23.7 Å². The molecule has 3 rings (SSSR count). The summed E-state index contributed by atoms with van der Waals surface area (Å²) in [4.78, 5) is 15.3. The molecule has 0 N–H and O–H groups in total. The molecule has 0 bridgehead atoms. The molecule has 0 aliphatic carbocycles. The lowest BCUT2D eigenvalue weighted by molar-refractivity contribution is 0.104. The molecule has 0 aliphatic rings. The highest BCUT2D eigenvalue weighted by Gasteiger charge is 2.19. The molecular weight excluding hydrogens is 458 g/mol. The second kappa shape index (κ2) is 12.7. The minimum atomic E-state index is -0.241. The molecule has 0 saturated heterocycles. The van der Waals surface area contributed by atoms with Gasteiger partial charge in [-0.1, -0.05) is 24.3 Å². The van der Waals surface area contributed by atoms with Gasteiger partial charge >= 0.3 is 0 Å². The quantitative estimate of drug-likeness (QED) is 0.254.